The highest BCUT2D eigenvalue weighted by atomic mass is 32.2. The highest BCUT2D eigenvalue weighted by molar-refractivity contribution is 7.91. The molecule has 0 aliphatic rings. The number of carbonyl (C=O) groups is 2. The van der Waals surface area contributed by atoms with Crippen LogP contribution in [0.25, 0.3) is 0 Å². The molecular formula is C22H26F3N3O6S. The van der Waals surface area contributed by atoms with Crippen molar-refractivity contribution < 1.29 is 41.4 Å². The second kappa shape index (κ2) is 10.2. The fraction of sp³-hybridized carbons (Fsp3) is 0.364. The summed E-state index contributed by atoms with van der Waals surface area (Å²) in [5.41, 5.74) is -3.60. The molecular weight excluding hydrogens is 491 g/mol. The molecule has 0 saturated carbocycles. The van der Waals surface area contributed by atoms with Gasteiger partial charge in [-0.2, -0.15) is 13.2 Å². The maximum absolute atomic E-state index is 13.3. The van der Waals surface area contributed by atoms with Gasteiger partial charge in [0.1, 0.15) is 0 Å². The van der Waals surface area contributed by atoms with Crippen LogP contribution in [0.15, 0.2) is 46.2 Å². The van der Waals surface area contributed by atoms with Crippen LogP contribution in [0.3, 0.4) is 0 Å². The lowest BCUT2D eigenvalue weighted by Crippen LogP contribution is -2.52. The van der Waals surface area contributed by atoms with Crippen LogP contribution in [-0.4, -0.2) is 74.4 Å². The van der Waals surface area contributed by atoms with Crippen LogP contribution in [0.2, 0.25) is 0 Å². The third kappa shape index (κ3) is 5.74. The van der Waals surface area contributed by atoms with Crippen molar-refractivity contribution in [1.82, 2.24) is 4.90 Å². The summed E-state index contributed by atoms with van der Waals surface area (Å²) in [6.07, 6.45) is -5.24. The van der Waals surface area contributed by atoms with Gasteiger partial charge in [0.15, 0.2) is 0 Å². The first-order chi connectivity index (χ1) is 16.1. The Bertz CT molecular complexity index is 1210. The predicted octanol–water partition coefficient (Wildman–Crippen LogP) is 2.19. The van der Waals surface area contributed by atoms with Crippen molar-refractivity contribution in [2.75, 3.05) is 37.9 Å². The Balaban J connectivity index is 2.54. The van der Waals surface area contributed by atoms with E-state index in [-0.39, 0.29) is 51.4 Å². The molecule has 4 N–H and O–H groups in total. The Kier molecular flexibility index (Phi) is 8.20. The van der Waals surface area contributed by atoms with Crippen LogP contribution in [0.4, 0.5) is 24.5 Å². The highest BCUT2D eigenvalue weighted by Crippen LogP contribution is 2.36. The topological polar surface area (TPSA) is 136 Å². The third-order valence-corrected chi connectivity index (χ3v) is 7.00. The Morgan fingerprint density at radius 3 is 2.11 bits per heavy atom. The van der Waals surface area contributed by atoms with Gasteiger partial charge in [-0.1, -0.05) is 0 Å². The first-order valence-electron chi connectivity index (χ1n) is 10.2. The highest BCUT2D eigenvalue weighted by Gasteiger charge is 2.55. The van der Waals surface area contributed by atoms with E-state index < -0.39 is 27.5 Å². The van der Waals surface area contributed by atoms with Crippen LogP contribution < -0.4 is 10.6 Å². The molecule has 2 amide bonds. The molecule has 0 aliphatic heterocycles. The summed E-state index contributed by atoms with van der Waals surface area (Å²) >= 11 is 0. The standard InChI is InChI=1S/C22H26F3N3O6S/c1-13-16(27-20(31)21(2,32)22(23,24)25)9-10-17(18(13)26-11-12-29)35(33,34)15-7-5-14(6-8-15)19(30)28(3)4/h5-10,26,29,32H,11-12H2,1-4H3,(H,27,31). The minimum atomic E-state index is -5.24. The van der Waals surface area contributed by atoms with E-state index in [4.69, 9.17) is 0 Å². The fourth-order valence-electron chi connectivity index (χ4n) is 2.98. The first kappa shape index (κ1) is 28.1. The van der Waals surface area contributed by atoms with Crippen molar-refractivity contribution in [1.29, 1.82) is 0 Å². The van der Waals surface area contributed by atoms with Gasteiger partial charge in [0.05, 0.1) is 22.1 Å². The van der Waals surface area contributed by atoms with Gasteiger partial charge >= 0.3 is 6.18 Å². The number of sulfone groups is 1. The number of nitrogens with one attached hydrogen (secondary N) is 2. The van der Waals surface area contributed by atoms with E-state index in [2.05, 4.69) is 5.32 Å². The molecule has 0 spiro atoms. The van der Waals surface area contributed by atoms with E-state index in [9.17, 15) is 41.4 Å². The van der Waals surface area contributed by atoms with Crippen LogP contribution >= 0.6 is 0 Å². The Morgan fingerprint density at radius 1 is 1.06 bits per heavy atom. The lowest BCUT2D eigenvalue weighted by atomic mass is 10.0. The van der Waals surface area contributed by atoms with Gasteiger partial charge in [0.2, 0.25) is 15.4 Å². The smallest absolute Gasteiger partial charge is 0.395 e. The number of benzene rings is 2. The number of amides is 2. The third-order valence-electron chi connectivity index (χ3n) is 5.19. The molecule has 2 aromatic rings. The maximum Gasteiger partial charge on any atom is 0.426 e. The zero-order valence-corrected chi connectivity index (χ0v) is 20.2. The molecule has 0 saturated heterocycles. The van der Waals surface area contributed by atoms with Gasteiger partial charge in [-0.05, 0) is 55.8 Å². The van der Waals surface area contributed by atoms with Crippen molar-refractivity contribution in [3.8, 4) is 0 Å². The summed E-state index contributed by atoms with van der Waals surface area (Å²) in [6.45, 7) is 1.17. The SMILES string of the molecule is Cc1c(NC(=O)C(C)(O)C(F)(F)F)ccc(S(=O)(=O)c2ccc(C(=O)N(C)C)cc2)c1NCCO. The van der Waals surface area contributed by atoms with Gasteiger partial charge in [0.25, 0.3) is 11.8 Å². The molecule has 9 nitrogen and oxygen atoms in total. The van der Waals surface area contributed by atoms with Crippen molar-refractivity contribution in [3.63, 3.8) is 0 Å². The van der Waals surface area contributed by atoms with Crippen LogP contribution in [0.1, 0.15) is 22.8 Å². The van der Waals surface area contributed by atoms with E-state index in [0.717, 1.165) is 12.1 Å². The quantitative estimate of drug-likeness (QED) is 0.421. The van der Waals surface area contributed by atoms with Gasteiger partial charge < -0.3 is 25.7 Å². The van der Waals surface area contributed by atoms with Gasteiger partial charge in [0, 0.05) is 31.9 Å². The van der Waals surface area contributed by atoms with Gasteiger partial charge in [-0.3, -0.25) is 9.59 Å². The number of alkyl halides is 3. The zero-order chi connectivity index (χ0) is 26.8. The van der Waals surface area contributed by atoms with E-state index in [1.165, 1.54) is 36.1 Å². The Morgan fingerprint density at radius 2 is 1.63 bits per heavy atom. The minimum Gasteiger partial charge on any atom is -0.395 e. The van der Waals surface area contributed by atoms with Gasteiger partial charge in [-0.25, -0.2) is 8.42 Å². The number of hydrogen-bond donors (Lipinski definition) is 4. The maximum atomic E-state index is 13.3. The van der Waals surface area contributed by atoms with E-state index >= 15 is 0 Å². The number of carbonyl (C=O) groups excluding carboxylic acids is 2. The number of rotatable bonds is 8. The summed E-state index contributed by atoms with van der Waals surface area (Å²) in [5, 5.41) is 23.5. The number of aliphatic hydroxyl groups excluding tert-OH is 1. The number of halogens is 3. The van der Waals surface area contributed by atoms with Crippen molar-refractivity contribution in [3.05, 3.63) is 47.5 Å². The monoisotopic (exact) mass is 517 g/mol. The van der Waals surface area contributed by atoms with E-state index in [0.29, 0.717) is 6.92 Å². The molecule has 35 heavy (non-hydrogen) atoms. The van der Waals surface area contributed by atoms with Crippen LogP contribution in [0, 0.1) is 6.92 Å². The second-order valence-corrected chi connectivity index (χ2v) is 9.93. The zero-order valence-electron chi connectivity index (χ0n) is 19.4. The van der Waals surface area contributed by atoms with Crippen LogP contribution in [0.5, 0.6) is 0 Å². The number of anilines is 2. The fourth-order valence-corrected chi connectivity index (χ4v) is 4.47. The molecule has 2 rings (SSSR count). The minimum absolute atomic E-state index is 0.0584. The molecule has 0 heterocycles. The summed E-state index contributed by atoms with van der Waals surface area (Å²) < 4.78 is 65.7. The summed E-state index contributed by atoms with van der Waals surface area (Å²) in [5.74, 6) is -2.08. The molecule has 0 fully saturated rings. The van der Waals surface area contributed by atoms with Crippen molar-refractivity contribution >= 4 is 33.0 Å². The van der Waals surface area contributed by atoms with E-state index in [1.807, 2.05) is 5.32 Å². The average Bonchev–Trinajstić information content (AvgIpc) is 2.77. The van der Waals surface area contributed by atoms with Gasteiger partial charge in [-0.15, -0.1) is 0 Å². The van der Waals surface area contributed by atoms with Crippen molar-refractivity contribution in [2.24, 2.45) is 0 Å². The number of aliphatic hydroxyl groups is 2. The van der Waals surface area contributed by atoms with E-state index in [1.54, 1.807) is 14.1 Å². The lowest BCUT2D eigenvalue weighted by molar-refractivity contribution is -0.242. The molecule has 0 aliphatic carbocycles. The molecule has 13 heteroatoms. The number of nitrogens with zero attached hydrogens (tertiary/aromatic N) is 1. The predicted molar refractivity (Wildman–Crippen MR) is 122 cm³/mol. The lowest BCUT2D eigenvalue weighted by Gasteiger charge is -2.26. The van der Waals surface area contributed by atoms with Crippen LogP contribution in [-0.2, 0) is 14.6 Å². The molecule has 0 bridgehead atoms. The molecule has 192 valence electrons. The second-order valence-electron chi connectivity index (χ2n) is 8.01. The Labute approximate surface area is 200 Å². The molecule has 0 radical (unpaired) electrons. The molecule has 1 unspecified atom stereocenters. The molecule has 2 aromatic carbocycles. The summed E-state index contributed by atoms with van der Waals surface area (Å²) in [6, 6.07) is 7.35. The average molecular weight is 518 g/mol. The molecule has 0 aromatic heterocycles. The van der Waals surface area contributed by atoms with Crippen molar-refractivity contribution in [2.45, 2.75) is 35.4 Å². The normalized spacial score (nSPS) is 13.6. The summed E-state index contributed by atoms with van der Waals surface area (Å²) in [7, 11) is -1.10. The number of hydrogen-bond acceptors (Lipinski definition) is 7. The largest absolute Gasteiger partial charge is 0.426 e. The first-order valence-corrected chi connectivity index (χ1v) is 11.7. The molecule has 1 atom stereocenters. The Hall–Kier alpha value is -3.16. The summed E-state index contributed by atoms with van der Waals surface area (Å²) in [4.78, 5) is 25.1.